The molecule has 1 aromatic rings. The molecule has 0 atom stereocenters. The Kier molecular flexibility index (Phi) is 4.82. The number of nitrogens with zero attached hydrogens (tertiary/aromatic N) is 3. The number of hydrogen-bond acceptors (Lipinski definition) is 5. The zero-order chi connectivity index (χ0) is 12.0. The van der Waals surface area contributed by atoms with E-state index in [4.69, 9.17) is 4.74 Å². The Bertz CT molecular complexity index is 330. The van der Waals surface area contributed by atoms with Gasteiger partial charge >= 0.3 is 0 Å². The van der Waals surface area contributed by atoms with E-state index in [1.165, 1.54) is 0 Å². The maximum atomic E-state index is 5.34. The van der Waals surface area contributed by atoms with E-state index in [2.05, 4.69) is 27.1 Å². The molecule has 0 radical (unpaired) electrons. The van der Waals surface area contributed by atoms with E-state index in [0.29, 0.717) is 5.75 Å². The third kappa shape index (κ3) is 2.74. The van der Waals surface area contributed by atoms with Crippen LogP contribution < -0.4 is 15.0 Å². The minimum atomic E-state index is 0.698. The van der Waals surface area contributed by atoms with Crippen LogP contribution in [0.15, 0.2) is 6.33 Å². The van der Waals surface area contributed by atoms with Crippen molar-refractivity contribution < 1.29 is 4.74 Å². The average Bonchev–Trinajstić information content (AvgIpc) is 2.34. The number of aromatic nitrogens is 2. The summed E-state index contributed by atoms with van der Waals surface area (Å²) in [5.74, 6) is 2.25. The quantitative estimate of drug-likeness (QED) is 0.798. The molecule has 1 rings (SSSR count). The zero-order valence-electron chi connectivity index (χ0n) is 10.4. The second kappa shape index (κ2) is 6.15. The van der Waals surface area contributed by atoms with Crippen LogP contribution in [0.4, 0.5) is 11.6 Å². The van der Waals surface area contributed by atoms with E-state index in [0.717, 1.165) is 31.0 Å². The van der Waals surface area contributed by atoms with Crippen LogP contribution in [-0.2, 0) is 0 Å². The lowest BCUT2D eigenvalue weighted by atomic mass is 10.3. The molecule has 5 heteroatoms. The Balaban J connectivity index is 2.93. The summed E-state index contributed by atoms with van der Waals surface area (Å²) in [5, 5.41) is 3.00. The van der Waals surface area contributed by atoms with Gasteiger partial charge in [0.05, 0.1) is 7.11 Å². The van der Waals surface area contributed by atoms with Gasteiger partial charge in [-0.15, -0.1) is 0 Å². The highest BCUT2D eigenvalue weighted by Gasteiger charge is 2.14. The summed E-state index contributed by atoms with van der Waals surface area (Å²) in [6, 6.07) is 0. The first-order valence-corrected chi connectivity index (χ1v) is 5.52. The Labute approximate surface area is 96.8 Å². The summed E-state index contributed by atoms with van der Waals surface area (Å²) in [6.07, 6.45) is 3.85. The van der Waals surface area contributed by atoms with E-state index in [-0.39, 0.29) is 0 Å². The van der Waals surface area contributed by atoms with Gasteiger partial charge in [0.1, 0.15) is 6.33 Å². The number of anilines is 2. The molecule has 16 heavy (non-hydrogen) atoms. The fraction of sp³-hybridized carbons (Fsp3) is 0.636. The van der Waals surface area contributed by atoms with Crippen LogP contribution in [-0.4, -0.2) is 37.7 Å². The number of unbranched alkanes of at least 4 members (excludes halogenated alkanes) is 1. The number of nitrogens with one attached hydrogen (secondary N) is 1. The van der Waals surface area contributed by atoms with Gasteiger partial charge in [-0.3, -0.25) is 0 Å². The minimum Gasteiger partial charge on any atom is -0.490 e. The molecule has 0 bridgehead atoms. The van der Waals surface area contributed by atoms with Crippen LogP contribution in [0.5, 0.6) is 5.75 Å². The van der Waals surface area contributed by atoms with Crippen molar-refractivity contribution in [2.75, 3.05) is 38.0 Å². The Hall–Kier alpha value is -1.52. The fourth-order valence-corrected chi connectivity index (χ4v) is 1.50. The van der Waals surface area contributed by atoms with Gasteiger partial charge in [0, 0.05) is 20.6 Å². The standard InChI is InChI=1S/C11H20N4O/c1-5-6-7-15(3)11-9(16-4)10(12-2)13-8-14-11/h8H,5-7H2,1-4H3,(H,12,13,14). The molecule has 90 valence electrons. The van der Waals surface area contributed by atoms with Crippen molar-refractivity contribution in [3.63, 3.8) is 0 Å². The van der Waals surface area contributed by atoms with Crippen LogP contribution >= 0.6 is 0 Å². The van der Waals surface area contributed by atoms with Gasteiger partial charge < -0.3 is 15.0 Å². The number of methoxy groups -OCH3 is 1. The molecule has 0 fully saturated rings. The Morgan fingerprint density at radius 1 is 1.44 bits per heavy atom. The van der Waals surface area contributed by atoms with Crippen LogP contribution in [0.3, 0.4) is 0 Å². The van der Waals surface area contributed by atoms with E-state index in [9.17, 15) is 0 Å². The molecule has 0 aliphatic rings. The molecule has 5 nitrogen and oxygen atoms in total. The van der Waals surface area contributed by atoms with Crippen molar-refractivity contribution in [1.29, 1.82) is 0 Å². The van der Waals surface area contributed by atoms with Crippen LogP contribution in [0, 0.1) is 0 Å². The Morgan fingerprint density at radius 2 is 2.19 bits per heavy atom. The van der Waals surface area contributed by atoms with E-state index in [1.54, 1.807) is 13.4 Å². The molecule has 0 unspecified atom stereocenters. The van der Waals surface area contributed by atoms with Crippen molar-refractivity contribution in [2.45, 2.75) is 19.8 Å². The first kappa shape index (κ1) is 12.5. The van der Waals surface area contributed by atoms with Crippen molar-refractivity contribution in [2.24, 2.45) is 0 Å². The highest BCUT2D eigenvalue weighted by molar-refractivity contribution is 5.64. The summed E-state index contributed by atoms with van der Waals surface area (Å²) in [7, 11) is 5.47. The molecule has 0 saturated heterocycles. The third-order valence-corrected chi connectivity index (χ3v) is 2.43. The highest BCUT2D eigenvalue weighted by atomic mass is 16.5. The monoisotopic (exact) mass is 224 g/mol. The maximum absolute atomic E-state index is 5.34. The Morgan fingerprint density at radius 3 is 2.75 bits per heavy atom. The number of ether oxygens (including phenoxy) is 1. The van der Waals surface area contributed by atoms with Gasteiger partial charge in [-0.05, 0) is 6.42 Å². The lowest BCUT2D eigenvalue weighted by Crippen LogP contribution is -2.21. The van der Waals surface area contributed by atoms with E-state index in [1.807, 2.05) is 14.1 Å². The van der Waals surface area contributed by atoms with E-state index >= 15 is 0 Å². The largest absolute Gasteiger partial charge is 0.490 e. The zero-order valence-corrected chi connectivity index (χ0v) is 10.4. The smallest absolute Gasteiger partial charge is 0.204 e. The molecule has 0 aliphatic heterocycles. The first-order valence-electron chi connectivity index (χ1n) is 5.52. The summed E-state index contributed by atoms with van der Waals surface area (Å²) in [6.45, 7) is 3.14. The molecule has 0 spiro atoms. The lowest BCUT2D eigenvalue weighted by molar-refractivity contribution is 0.413. The van der Waals surface area contributed by atoms with Gasteiger partial charge in [-0.2, -0.15) is 0 Å². The van der Waals surface area contributed by atoms with Crippen LogP contribution in [0.25, 0.3) is 0 Å². The van der Waals surface area contributed by atoms with Crippen molar-refractivity contribution in [3.05, 3.63) is 6.33 Å². The highest BCUT2D eigenvalue weighted by Crippen LogP contribution is 2.30. The molecular weight excluding hydrogens is 204 g/mol. The van der Waals surface area contributed by atoms with Crippen molar-refractivity contribution in [1.82, 2.24) is 9.97 Å². The normalized spacial score (nSPS) is 10.0. The second-order valence-electron chi connectivity index (χ2n) is 3.60. The van der Waals surface area contributed by atoms with Gasteiger partial charge in [0.15, 0.2) is 11.6 Å². The average molecular weight is 224 g/mol. The molecule has 1 aromatic heterocycles. The molecule has 1 heterocycles. The summed E-state index contributed by atoms with van der Waals surface area (Å²) < 4.78 is 5.34. The van der Waals surface area contributed by atoms with Gasteiger partial charge in [-0.25, -0.2) is 9.97 Å². The fourth-order valence-electron chi connectivity index (χ4n) is 1.50. The summed E-state index contributed by atoms with van der Waals surface area (Å²) in [4.78, 5) is 10.5. The van der Waals surface area contributed by atoms with Crippen molar-refractivity contribution >= 4 is 11.6 Å². The third-order valence-electron chi connectivity index (χ3n) is 2.43. The lowest BCUT2D eigenvalue weighted by Gasteiger charge is -2.20. The second-order valence-corrected chi connectivity index (χ2v) is 3.60. The maximum Gasteiger partial charge on any atom is 0.204 e. The topological polar surface area (TPSA) is 50.3 Å². The van der Waals surface area contributed by atoms with Crippen LogP contribution in [0.1, 0.15) is 19.8 Å². The summed E-state index contributed by atoms with van der Waals surface area (Å²) in [5.41, 5.74) is 0. The van der Waals surface area contributed by atoms with Crippen molar-refractivity contribution in [3.8, 4) is 5.75 Å². The summed E-state index contributed by atoms with van der Waals surface area (Å²) >= 11 is 0. The molecule has 0 saturated carbocycles. The van der Waals surface area contributed by atoms with Gasteiger partial charge in [0.25, 0.3) is 0 Å². The van der Waals surface area contributed by atoms with E-state index < -0.39 is 0 Å². The molecule has 0 aromatic carbocycles. The van der Waals surface area contributed by atoms with Gasteiger partial charge in [-0.1, -0.05) is 13.3 Å². The van der Waals surface area contributed by atoms with Gasteiger partial charge in [0.2, 0.25) is 5.75 Å². The minimum absolute atomic E-state index is 0.698. The number of rotatable bonds is 6. The predicted molar refractivity (Wildman–Crippen MR) is 66.3 cm³/mol. The SMILES string of the molecule is CCCCN(C)c1ncnc(NC)c1OC. The molecule has 1 N–H and O–H groups in total. The molecular formula is C11H20N4O. The molecule has 0 aliphatic carbocycles. The first-order chi connectivity index (χ1) is 7.74. The van der Waals surface area contributed by atoms with Crippen LogP contribution in [0.2, 0.25) is 0 Å². The predicted octanol–water partition coefficient (Wildman–Crippen LogP) is 1.76. The number of hydrogen-bond donors (Lipinski definition) is 1. The molecule has 0 amide bonds.